The zero-order chi connectivity index (χ0) is 18.3. The van der Waals surface area contributed by atoms with Gasteiger partial charge in [-0.3, -0.25) is 4.79 Å². The quantitative estimate of drug-likeness (QED) is 0.810. The molecule has 1 aromatic carbocycles. The number of hydrogen-bond donors (Lipinski definition) is 0. The highest BCUT2D eigenvalue weighted by molar-refractivity contribution is 7.89. The number of piperazine rings is 1. The summed E-state index contributed by atoms with van der Waals surface area (Å²) in [7, 11) is -3.17. The van der Waals surface area contributed by atoms with E-state index in [4.69, 9.17) is 0 Å². The van der Waals surface area contributed by atoms with Gasteiger partial charge in [0.1, 0.15) is 0 Å². The van der Waals surface area contributed by atoms with E-state index in [1.165, 1.54) is 25.9 Å². The van der Waals surface area contributed by atoms with E-state index in [1.54, 1.807) is 23.2 Å². The fourth-order valence-electron chi connectivity index (χ4n) is 3.68. The minimum Gasteiger partial charge on any atom is -0.335 e. The van der Waals surface area contributed by atoms with Gasteiger partial charge in [-0.25, -0.2) is 8.42 Å². The minimum absolute atomic E-state index is 0.0235. The molecule has 0 unspecified atom stereocenters. The van der Waals surface area contributed by atoms with Crippen LogP contribution in [0.2, 0.25) is 0 Å². The fraction of sp³-hybridized carbons (Fsp3) is 0.421. The summed E-state index contributed by atoms with van der Waals surface area (Å²) in [4.78, 5) is 16.7. The van der Waals surface area contributed by atoms with Crippen molar-refractivity contribution >= 4 is 27.3 Å². The number of sulfonamides is 1. The Hall–Kier alpha value is -1.70. The number of thiophene rings is 1. The summed E-state index contributed by atoms with van der Waals surface area (Å²) in [6.45, 7) is 3.33. The van der Waals surface area contributed by atoms with Crippen LogP contribution in [0.25, 0.3) is 10.4 Å². The number of carbonyl (C=O) groups is 1. The lowest BCUT2D eigenvalue weighted by molar-refractivity contribution is 0.0703. The molecular weight excluding hydrogens is 368 g/mol. The molecule has 0 bridgehead atoms. The Balaban J connectivity index is 1.52. The van der Waals surface area contributed by atoms with Crippen LogP contribution >= 0.6 is 11.3 Å². The zero-order valence-corrected chi connectivity index (χ0v) is 16.4. The molecule has 1 fully saturated rings. The van der Waals surface area contributed by atoms with Crippen LogP contribution in [0.1, 0.15) is 27.7 Å². The predicted molar refractivity (Wildman–Crippen MR) is 104 cm³/mol. The van der Waals surface area contributed by atoms with Gasteiger partial charge >= 0.3 is 0 Å². The molecule has 0 spiro atoms. The Morgan fingerprint density at radius 2 is 1.77 bits per heavy atom. The van der Waals surface area contributed by atoms with Gasteiger partial charge in [0.15, 0.2) is 0 Å². The van der Waals surface area contributed by atoms with Gasteiger partial charge in [-0.15, -0.1) is 11.3 Å². The summed E-state index contributed by atoms with van der Waals surface area (Å²) >= 11 is 1.57. The largest absolute Gasteiger partial charge is 0.335 e. The molecule has 1 amide bonds. The van der Waals surface area contributed by atoms with Gasteiger partial charge in [0.2, 0.25) is 10.0 Å². The van der Waals surface area contributed by atoms with Crippen LogP contribution < -0.4 is 0 Å². The van der Waals surface area contributed by atoms with Gasteiger partial charge in [-0.1, -0.05) is 24.3 Å². The van der Waals surface area contributed by atoms with E-state index >= 15 is 0 Å². The SMILES string of the molecule is CCS(=O)(=O)N1CCN(C(=O)c2cc3c(s2)-c2ccccc2CC3)CC1. The van der Waals surface area contributed by atoms with Crippen molar-refractivity contribution in [1.29, 1.82) is 0 Å². The van der Waals surface area contributed by atoms with E-state index in [-0.39, 0.29) is 11.7 Å². The maximum atomic E-state index is 12.9. The number of benzene rings is 1. The molecular formula is C19H22N2O3S2. The van der Waals surface area contributed by atoms with Crippen LogP contribution in [0, 0.1) is 0 Å². The molecule has 1 aromatic heterocycles. The number of carbonyl (C=O) groups excluding carboxylic acids is 1. The van der Waals surface area contributed by atoms with Crippen LogP contribution in [0.15, 0.2) is 30.3 Å². The topological polar surface area (TPSA) is 57.7 Å². The number of aryl methyl sites for hydroxylation is 2. The first-order valence-electron chi connectivity index (χ1n) is 8.97. The number of rotatable bonds is 3. The van der Waals surface area contributed by atoms with Crippen molar-refractivity contribution in [2.75, 3.05) is 31.9 Å². The molecule has 26 heavy (non-hydrogen) atoms. The molecule has 1 aliphatic carbocycles. The molecule has 7 heteroatoms. The molecule has 4 rings (SSSR count). The van der Waals surface area contributed by atoms with Gasteiger partial charge in [0, 0.05) is 31.1 Å². The molecule has 0 atom stereocenters. The molecule has 138 valence electrons. The third-order valence-corrected chi connectivity index (χ3v) is 8.31. The highest BCUT2D eigenvalue weighted by Crippen LogP contribution is 2.39. The maximum Gasteiger partial charge on any atom is 0.264 e. The number of nitrogens with zero attached hydrogens (tertiary/aromatic N) is 2. The second kappa shape index (κ2) is 6.79. The first kappa shape index (κ1) is 17.7. The highest BCUT2D eigenvalue weighted by Gasteiger charge is 2.29. The minimum atomic E-state index is -3.17. The summed E-state index contributed by atoms with van der Waals surface area (Å²) in [6.07, 6.45) is 1.99. The average Bonchev–Trinajstić information content (AvgIpc) is 3.12. The zero-order valence-electron chi connectivity index (χ0n) is 14.8. The van der Waals surface area contributed by atoms with E-state index < -0.39 is 10.0 Å². The normalized spacial score (nSPS) is 17.7. The monoisotopic (exact) mass is 390 g/mol. The molecule has 2 aromatic rings. The Morgan fingerprint density at radius 1 is 1.08 bits per heavy atom. The maximum absolute atomic E-state index is 12.9. The molecule has 2 aliphatic rings. The van der Waals surface area contributed by atoms with Gasteiger partial charge in [0.05, 0.1) is 10.6 Å². The van der Waals surface area contributed by atoms with E-state index in [2.05, 4.69) is 18.2 Å². The van der Waals surface area contributed by atoms with Crippen molar-refractivity contribution < 1.29 is 13.2 Å². The van der Waals surface area contributed by atoms with Crippen LogP contribution in [-0.4, -0.2) is 55.5 Å². The van der Waals surface area contributed by atoms with Crippen LogP contribution in [-0.2, 0) is 22.9 Å². The van der Waals surface area contributed by atoms with Crippen molar-refractivity contribution in [2.45, 2.75) is 19.8 Å². The lowest BCUT2D eigenvalue weighted by Crippen LogP contribution is -2.50. The van der Waals surface area contributed by atoms with Gasteiger partial charge < -0.3 is 4.90 Å². The number of fused-ring (bicyclic) bond motifs is 3. The summed E-state index contributed by atoms with van der Waals surface area (Å²) in [5, 5.41) is 0. The molecule has 0 radical (unpaired) electrons. The molecule has 2 heterocycles. The van der Waals surface area contributed by atoms with Crippen molar-refractivity contribution in [3.8, 4) is 10.4 Å². The van der Waals surface area contributed by atoms with E-state index in [1.807, 2.05) is 12.1 Å². The standard InChI is InChI=1S/C19H22N2O3S2/c1-2-26(23,24)21-11-9-20(10-12-21)19(22)17-13-15-8-7-14-5-3-4-6-16(14)18(15)25-17/h3-6,13H,2,7-12H2,1H3. The Labute approximate surface area is 158 Å². The first-order valence-corrected chi connectivity index (χ1v) is 11.4. The van der Waals surface area contributed by atoms with Gasteiger partial charge in [-0.05, 0) is 42.5 Å². The summed E-state index contributed by atoms with van der Waals surface area (Å²) in [5.74, 6) is 0.133. The summed E-state index contributed by atoms with van der Waals surface area (Å²) in [6, 6.07) is 10.4. The van der Waals surface area contributed by atoms with Crippen LogP contribution in [0.3, 0.4) is 0 Å². The molecule has 1 saturated heterocycles. The summed E-state index contributed by atoms with van der Waals surface area (Å²) in [5.41, 5.74) is 3.85. The molecule has 0 N–H and O–H groups in total. The lowest BCUT2D eigenvalue weighted by Gasteiger charge is -2.33. The second-order valence-corrected chi connectivity index (χ2v) is 10.0. The van der Waals surface area contributed by atoms with Gasteiger partial charge in [-0.2, -0.15) is 4.31 Å². The Bertz CT molecular complexity index is 941. The van der Waals surface area contributed by atoms with Crippen molar-refractivity contribution in [3.05, 3.63) is 46.3 Å². The van der Waals surface area contributed by atoms with Crippen molar-refractivity contribution in [2.24, 2.45) is 0 Å². The first-order chi connectivity index (χ1) is 12.5. The van der Waals surface area contributed by atoms with E-state index in [0.29, 0.717) is 26.2 Å². The molecule has 0 saturated carbocycles. The van der Waals surface area contributed by atoms with Crippen molar-refractivity contribution in [1.82, 2.24) is 9.21 Å². The van der Waals surface area contributed by atoms with Crippen LogP contribution in [0.4, 0.5) is 0 Å². The molecule has 1 aliphatic heterocycles. The second-order valence-electron chi connectivity index (χ2n) is 6.71. The smallest absolute Gasteiger partial charge is 0.264 e. The van der Waals surface area contributed by atoms with Gasteiger partial charge in [0.25, 0.3) is 5.91 Å². The van der Waals surface area contributed by atoms with Crippen LogP contribution in [0.5, 0.6) is 0 Å². The number of hydrogen-bond acceptors (Lipinski definition) is 4. The third-order valence-electron chi connectivity index (χ3n) is 5.23. The Kier molecular flexibility index (Phi) is 4.62. The third kappa shape index (κ3) is 3.08. The average molecular weight is 391 g/mol. The molecule has 5 nitrogen and oxygen atoms in total. The van der Waals surface area contributed by atoms with E-state index in [9.17, 15) is 13.2 Å². The highest BCUT2D eigenvalue weighted by atomic mass is 32.2. The van der Waals surface area contributed by atoms with E-state index in [0.717, 1.165) is 17.7 Å². The Morgan fingerprint density at radius 3 is 2.50 bits per heavy atom. The number of amides is 1. The predicted octanol–water partition coefficient (Wildman–Crippen LogP) is 2.62. The summed E-state index contributed by atoms with van der Waals surface area (Å²) < 4.78 is 25.4. The van der Waals surface area contributed by atoms with Crippen molar-refractivity contribution in [3.63, 3.8) is 0 Å². The lowest BCUT2D eigenvalue weighted by atomic mass is 9.91. The fourth-order valence-corrected chi connectivity index (χ4v) is 6.01.